The van der Waals surface area contributed by atoms with Gasteiger partial charge in [0.1, 0.15) is 16.7 Å². The Balaban J connectivity index is 0.0000000918. The molecule has 476 valence electrons. The summed E-state index contributed by atoms with van der Waals surface area (Å²) in [4.78, 5) is 23.9. The molecular weight excluding hydrogens is 1240 g/mol. The summed E-state index contributed by atoms with van der Waals surface area (Å²) >= 11 is 0. The maximum Gasteiger partial charge on any atom is 0.227 e. The average molecular weight is 1290 g/mol. The minimum atomic E-state index is 0.668. The lowest BCUT2D eigenvalue weighted by Crippen LogP contribution is -1.95. The predicted octanol–water partition coefficient (Wildman–Crippen LogP) is 20.4. The molecule has 11 aromatic heterocycles. The van der Waals surface area contributed by atoms with Gasteiger partial charge in [0, 0.05) is 40.5 Å². The molecule has 0 radical (unpaired) electrons. The van der Waals surface area contributed by atoms with Crippen LogP contribution in [0, 0.1) is 20.8 Å². The fourth-order valence-corrected chi connectivity index (χ4v) is 15.0. The van der Waals surface area contributed by atoms with E-state index in [1.807, 2.05) is 43.5 Å². The van der Waals surface area contributed by atoms with Crippen molar-refractivity contribution in [1.29, 1.82) is 0 Å². The lowest BCUT2D eigenvalue weighted by molar-refractivity contribution is 0.654. The molecule has 100 heavy (non-hydrogen) atoms. The first-order valence-electron chi connectivity index (χ1n) is 33.4. The second kappa shape index (κ2) is 22.0. The van der Waals surface area contributed by atoms with Gasteiger partial charge in [-0.2, -0.15) is 0 Å². The van der Waals surface area contributed by atoms with Gasteiger partial charge < -0.3 is 13.4 Å². The summed E-state index contributed by atoms with van der Waals surface area (Å²) in [6, 6.07) is 96.5. The quantitative estimate of drug-likeness (QED) is 0.172. The standard InChI is InChI=1S/C26H17N3O.C25H16N4O.C20H15N3.C14H11N3/c1-16-10-12-24-18(14-16)19-15-17(11-13-25(19)30-24)28-22-8-4-5-9-23(22)29-21-7-3-2-6-20(21)27-26(28)29;1-15-12-18-17-13-16(10-11-23(17)30-24(18)26-14-15)28-21-8-4-5-9-22(21)29-20-7-3-2-6-19(20)27-25(28)29;1-14-7-6-8-15(13-14)22-18-11-4-5-12-19(18)23-17-10-3-2-9-16(17)21-20(22)23;1-16-12-8-4-5-9-13(12)17-11-7-3-2-6-10(11)15-14(16)17/h2-15H,1H3;2-14H,1H3;2-13H,1H3;2-9H,1H3. The van der Waals surface area contributed by atoms with Crippen molar-refractivity contribution in [2.75, 3.05) is 0 Å². The van der Waals surface area contributed by atoms with E-state index in [0.717, 1.165) is 145 Å². The van der Waals surface area contributed by atoms with Crippen molar-refractivity contribution < 1.29 is 8.83 Å². The SMILES string of the molecule is Cc1ccc2oc3ccc(-n4c5ccccc5n5c6ccccc6nc45)cc3c2c1.Cc1cccc(-n2c3ccccc3n3c4ccccc4nc23)c1.Cc1cnc2oc3ccc(-n4c5ccccc5n5c6ccccc6nc45)cc3c2c1.Cn1c2ccccc2n2c3ccccc3nc12. The average Bonchev–Trinajstić information content (AvgIpc) is 1.58. The van der Waals surface area contributed by atoms with E-state index in [0.29, 0.717) is 5.71 Å². The number of aryl methyl sites for hydroxylation is 4. The molecule has 0 saturated carbocycles. The molecule has 0 atom stereocenters. The molecule has 0 aliphatic rings. The van der Waals surface area contributed by atoms with Gasteiger partial charge in [-0.05, 0) is 196 Å². The van der Waals surface area contributed by atoms with Crippen LogP contribution in [0.3, 0.4) is 0 Å². The number of hydrogen-bond donors (Lipinski definition) is 0. The van der Waals surface area contributed by atoms with Crippen LogP contribution in [-0.2, 0) is 7.05 Å². The van der Waals surface area contributed by atoms with Crippen LogP contribution < -0.4 is 0 Å². The van der Waals surface area contributed by atoms with Crippen LogP contribution in [0.15, 0.2) is 294 Å². The number of furan rings is 2. The molecule has 0 unspecified atom stereocenters. The normalized spacial score (nSPS) is 12.0. The van der Waals surface area contributed by atoms with Crippen LogP contribution in [0.1, 0.15) is 16.7 Å². The van der Waals surface area contributed by atoms with Gasteiger partial charge in [0.2, 0.25) is 28.8 Å². The largest absolute Gasteiger partial charge is 0.456 e. The summed E-state index contributed by atoms with van der Waals surface area (Å²) in [7, 11) is 2.06. The molecule has 0 N–H and O–H groups in total. The fourth-order valence-electron chi connectivity index (χ4n) is 15.0. The fraction of sp³-hybridized carbons (Fsp3) is 0.0471. The zero-order valence-electron chi connectivity index (χ0n) is 54.8. The Morgan fingerprint density at radius 1 is 0.260 bits per heavy atom. The highest BCUT2D eigenvalue weighted by atomic mass is 16.3. The van der Waals surface area contributed by atoms with Gasteiger partial charge in [-0.1, -0.05) is 121 Å². The van der Waals surface area contributed by atoms with Crippen LogP contribution in [0.25, 0.3) is 172 Å². The third kappa shape index (κ3) is 8.67. The third-order valence-electron chi connectivity index (χ3n) is 19.5. The van der Waals surface area contributed by atoms with Gasteiger partial charge in [0.05, 0.1) is 99.6 Å². The van der Waals surface area contributed by atoms with Crippen LogP contribution in [-0.4, -0.2) is 60.8 Å². The Labute approximate surface area is 568 Å². The lowest BCUT2D eigenvalue weighted by Gasteiger charge is -2.05. The van der Waals surface area contributed by atoms with E-state index in [1.165, 1.54) is 38.7 Å². The molecule has 23 aromatic rings. The Bertz CT molecular complexity index is 6990. The van der Waals surface area contributed by atoms with Crippen molar-refractivity contribution in [2.45, 2.75) is 20.8 Å². The zero-order valence-corrected chi connectivity index (χ0v) is 54.8. The van der Waals surface area contributed by atoms with Crippen LogP contribution in [0.5, 0.6) is 0 Å². The number of imidazole rings is 8. The molecule has 15 heteroatoms. The number of fused-ring (bicyclic) bond motifs is 26. The van der Waals surface area contributed by atoms with E-state index >= 15 is 0 Å². The second-order valence-corrected chi connectivity index (χ2v) is 25.7. The Kier molecular flexibility index (Phi) is 12.5. The van der Waals surface area contributed by atoms with Crippen molar-refractivity contribution in [1.82, 2.24) is 60.8 Å². The highest BCUT2D eigenvalue weighted by Crippen LogP contribution is 2.38. The molecule has 11 heterocycles. The van der Waals surface area contributed by atoms with Crippen molar-refractivity contribution in [3.05, 3.63) is 302 Å². The number of benzene rings is 12. The monoisotopic (exact) mass is 1290 g/mol. The van der Waals surface area contributed by atoms with E-state index in [2.05, 4.69) is 315 Å². The smallest absolute Gasteiger partial charge is 0.227 e. The first-order valence-corrected chi connectivity index (χ1v) is 33.4. The summed E-state index contributed by atoms with van der Waals surface area (Å²) in [5.41, 5.74) is 28.1. The van der Waals surface area contributed by atoms with Gasteiger partial charge in [0.15, 0.2) is 0 Å². The molecular formula is C85H59N13O2. The van der Waals surface area contributed by atoms with E-state index < -0.39 is 0 Å². The minimum Gasteiger partial charge on any atom is -0.456 e. The number of hydrogen-bond acceptors (Lipinski definition) is 7. The molecule has 0 spiro atoms. The number of aromatic nitrogens is 13. The first kappa shape index (κ1) is 56.8. The summed E-state index contributed by atoms with van der Waals surface area (Å²) in [5, 5.41) is 4.37. The van der Waals surface area contributed by atoms with E-state index in [-0.39, 0.29) is 0 Å². The van der Waals surface area contributed by atoms with Crippen LogP contribution in [0.4, 0.5) is 0 Å². The first-order chi connectivity index (χ1) is 49.2. The Morgan fingerprint density at radius 3 is 1.07 bits per heavy atom. The third-order valence-corrected chi connectivity index (χ3v) is 19.5. The van der Waals surface area contributed by atoms with Gasteiger partial charge in [0.25, 0.3) is 0 Å². The summed E-state index contributed by atoms with van der Waals surface area (Å²) in [6.07, 6.45) is 1.84. The molecule has 0 amide bonds. The molecule has 23 rings (SSSR count). The molecule has 0 fully saturated rings. The molecule has 0 aliphatic carbocycles. The Morgan fingerprint density at radius 2 is 0.600 bits per heavy atom. The predicted molar refractivity (Wildman–Crippen MR) is 404 cm³/mol. The summed E-state index contributed by atoms with van der Waals surface area (Å²) < 4.78 is 29.8. The molecule has 15 nitrogen and oxygen atoms in total. The maximum absolute atomic E-state index is 6.07. The molecule has 0 aliphatic heterocycles. The molecule has 0 saturated heterocycles. The van der Waals surface area contributed by atoms with E-state index in [9.17, 15) is 0 Å². The zero-order chi connectivity index (χ0) is 66.4. The second-order valence-electron chi connectivity index (χ2n) is 25.7. The van der Waals surface area contributed by atoms with Gasteiger partial charge in [-0.15, -0.1) is 0 Å². The van der Waals surface area contributed by atoms with Gasteiger partial charge >= 0.3 is 0 Å². The minimum absolute atomic E-state index is 0.668. The number of nitrogens with zero attached hydrogens (tertiary/aromatic N) is 13. The van der Waals surface area contributed by atoms with Crippen molar-refractivity contribution in [3.8, 4) is 17.1 Å². The summed E-state index contributed by atoms with van der Waals surface area (Å²) in [6.45, 7) is 6.28. The highest BCUT2D eigenvalue weighted by Gasteiger charge is 2.22. The van der Waals surface area contributed by atoms with Crippen LogP contribution in [0.2, 0.25) is 0 Å². The van der Waals surface area contributed by atoms with Crippen molar-refractivity contribution in [2.24, 2.45) is 7.05 Å². The Hall–Kier alpha value is -13.5. The number of para-hydroxylation sites is 16. The maximum atomic E-state index is 6.07. The van der Waals surface area contributed by atoms with Gasteiger partial charge in [-0.3, -0.25) is 31.3 Å². The van der Waals surface area contributed by atoms with Crippen LogP contribution >= 0.6 is 0 Å². The van der Waals surface area contributed by atoms with Gasteiger partial charge in [-0.25, -0.2) is 24.9 Å². The molecule has 0 bridgehead atoms. The van der Waals surface area contributed by atoms with Crippen molar-refractivity contribution in [3.63, 3.8) is 0 Å². The van der Waals surface area contributed by atoms with E-state index in [4.69, 9.17) is 23.8 Å². The number of rotatable bonds is 3. The summed E-state index contributed by atoms with van der Waals surface area (Å²) in [5.74, 6) is 3.77. The van der Waals surface area contributed by atoms with E-state index in [1.54, 1.807) is 0 Å². The lowest BCUT2D eigenvalue weighted by atomic mass is 10.1. The van der Waals surface area contributed by atoms with Crippen molar-refractivity contribution >= 4 is 155 Å². The number of pyridine rings is 1. The molecule has 12 aromatic carbocycles. The topological polar surface area (TPSA) is 128 Å². The highest BCUT2D eigenvalue weighted by molar-refractivity contribution is 6.07.